The summed E-state index contributed by atoms with van der Waals surface area (Å²) in [7, 11) is 0. The van der Waals surface area contributed by atoms with Gasteiger partial charge in [-0.15, -0.1) is 6.58 Å². The molecule has 3 nitrogen and oxygen atoms in total. The first-order valence-corrected chi connectivity index (χ1v) is 8.27. The Hall–Kier alpha value is -1.77. The van der Waals surface area contributed by atoms with Gasteiger partial charge in [-0.25, -0.2) is 0 Å². The average molecular weight is 304 g/mol. The molecule has 0 aliphatic rings. The maximum atomic E-state index is 11.6. The van der Waals surface area contributed by atoms with E-state index in [1.807, 2.05) is 18.2 Å². The van der Waals surface area contributed by atoms with Gasteiger partial charge < -0.3 is 9.84 Å². The summed E-state index contributed by atoms with van der Waals surface area (Å²) in [5.74, 6) is 0.149. The Kier molecular flexibility index (Phi) is 9.84. The molecular weight excluding hydrogens is 276 g/mol. The molecule has 0 saturated carbocycles. The zero-order valence-electron chi connectivity index (χ0n) is 13.4. The quantitative estimate of drug-likeness (QED) is 0.343. The van der Waals surface area contributed by atoms with Crippen LogP contribution in [0.5, 0.6) is 5.75 Å². The summed E-state index contributed by atoms with van der Waals surface area (Å²) >= 11 is 0. The SMILES string of the molecule is C=CCCCCCCCCC(=O)OCCc1ccc(O)cc1. The van der Waals surface area contributed by atoms with Crippen molar-refractivity contribution in [2.24, 2.45) is 0 Å². The second-order valence-corrected chi connectivity index (χ2v) is 5.59. The zero-order valence-corrected chi connectivity index (χ0v) is 13.4. The summed E-state index contributed by atoms with van der Waals surface area (Å²) < 4.78 is 5.22. The molecule has 0 amide bonds. The van der Waals surface area contributed by atoms with Crippen molar-refractivity contribution in [2.75, 3.05) is 6.61 Å². The molecule has 0 saturated heterocycles. The lowest BCUT2D eigenvalue weighted by atomic mass is 10.1. The van der Waals surface area contributed by atoms with Crippen LogP contribution in [0.3, 0.4) is 0 Å². The minimum Gasteiger partial charge on any atom is -0.508 e. The Bertz CT molecular complexity index is 423. The van der Waals surface area contributed by atoms with Crippen LogP contribution in [-0.4, -0.2) is 17.7 Å². The van der Waals surface area contributed by atoms with Gasteiger partial charge in [0.05, 0.1) is 6.61 Å². The number of hydrogen-bond donors (Lipinski definition) is 1. The van der Waals surface area contributed by atoms with Crippen LogP contribution in [0.15, 0.2) is 36.9 Å². The molecule has 0 unspecified atom stereocenters. The Morgan fingerprint density at radius 3 is 2.36 bits per heavy atom. The van der Waals surface area contributed by atoms with Gasteiger partial charge in [0.1, 0.15) is 5.75 Å². The van der Waals surface area contributed by atoms with Gasteiger partial charge in [0, 0.05) is 12.8 Å². The van der Waals surface area contributed by atoms with E-state index in [0.29, 0.717) is 19.4 Å². The fraction of sp³-hybridized carbons (Fsp3) is 0.526. The fourth-order valence-electron chi connectivity index (χ4n) is 2.28. The Labute approximate surface area is 134 Å². The highest BCUT2D eigenvalue weighted by molar-refractivity contribution is 5.69. The maximum absolute atomic E-state index is 11.6. The number of esters is 1. The molecule has 0 fully saturated rings. The molecule has 0 aliphatic heterocycles. The molecule has 0 bridgehead atoms. The van der Waals surface area contributed by atoms with E-state index in [9.17, 15) is 9.90 Å². The summed E-state index contributed by atoms with van der Waals surface area (Å²) in [6.45, 7) is 4.12. The first kappa shape index (κ1) is 18.3. The summed E-state index contributed by atoms with van der Waals surface area (Å²) in [6, 6.07) is 6.98. The normalized spacial score (nSPS) is 10.4. The van der Waals surface area contributed by atoms with E-state index in [1.165, 1.54) is 25.7 Å². The molecule has 1 aromatic carbocycles. The van der Waals surface area contributed by atoms with Gasteiger partial charge in [0.15, 0.2) is 0 Å². The smallest absolute Gasteiger partial charge is 0.305 e. The predicted molar refractivity (Wildman–Crippen MR) is 89.9 cm³/mol. The lowest BCUT2D eigenvalue weighted by molar-refractivity contribution is -0.143. The molecule has 0 aromatic heterocycles. The van der Waals surface area contributed by atoms with Crippen molar-refractivity contribution < 1.29 is 14.6 Å². The van der Waals surface area contributed by atoms with Gasteiger partial charge in [0.2, 0.25) is 0 Å². The number of benzene rings is 1. The van der Waals surface area contributed by atoms with Crippen molar-refractivity contribution in [3.05, 3.63) is 42.5 Å². The minimum absolute atomic E-state index is 0.106. The monoisotopic (exact) mass is 304 g/mol. The zero-order chi connectivity index (χ0) is 16.0. The number of carbonyl (C=O) groups excluding carboxylic acids is 1. The van der Waals surface area contributed by atoms with Crippen molar-refractivity contribution in [3.8, 4) is 5.75 Å². The average Bonchev–Trinajstić information content (AvgIpc) is 2.52. The number of ether oxygens (including phenoxy) is 1. The first-order chi connectivity index (χ1) is 10.7. The Morgan fingerprint density at radius 1 is 1.05 bits per heavy atom. The fourth-order valence-corrected chi connectivity index (χ4v) is 2.28. The van der Waals surface area contributed by atoms with Crippen LogP contribution in [0, 0.1) is 0 Å². The molecule has 22 heavy (non-hydrogen) atoms. The number of phenols is 1. The van der Waals surface area contributed by atoms with E-state index in [1.54, 1.807) is 12.1 Å². The van der Waals surface area contributed by atoms with E-state index in [-0.39, 0.29) is 11.7 Å². The van der Waals surface area contributed by atoms with Gasteiger partial charge in [-0.1, -0.05) is 43.9 Å². The molecule has 1 aromatic rings. The van der Waals surface area contributed by atoms with E-state index in [4.69, 9.17) is 4.74 Å². The van der Waals surface area contributed by atoms with Crippen LogP contribution in [0.1, 0.15) is 56.9 Å². The molecule has 3 heteroatoms. The first-order valence-electron chi connectivity index (χ1n) is 8.27. The highest BCUT2D eigenvalue weighted by Crippen LogP contribution is 2.11. The van der Waals surface area contributed by atoms with E-state index in [0.717, 1.165) is 24.8 Å². The van der Waals surface area contributed by atoms with Crippen molar-refractivity contribution in [1.29, 1.82) is 0 Å². The van der Waals surface area contributed by atoms with Gasteiger partial charge in [-0.2, -0.15) is 0 Å². The number of carbonyl (C=O) groups is 1. The summed E-state index contributed by atoms with van der Waals surface area (Å²) in [4.78, 5) is 11.6. The second-order valence-electron chi connectivity index (χ2n) is 5.59. The molecule has 1 N–H and O–H groups in total. The summed E-state index contributed by atoms with van der Waals surface area (Å²) in [5.41, 5.74) is 1.06. The molecule has 0 radical (unpaired) electrons. The number of hydrogen-bond acceptors (Lipinski definition) is 3. The summed E-state index contributed by atoms with van der Waals surface area (Å²) in [6.07, 6.45) is 11.2. The van der Waals surface area contributed by atoms with Crippen LogP contribution >= 0.6 is 0 Å². The van der Waals surface area contributed by atoms with Gasteiger partial charge in [-0.3, -0.25) is 4.79 Å². The molecular formula is C19H28O3. The van der Waals surface area contributed by atoms with Gasteiger partial charge >= 0.3 is 5.97 Å². The van der Waals surface area contributed by atoms with Crippen LogP contribution in [-0.2, 0) is 16.0 Å². The van der Waals surface area contributed by atoms with Crippen molar-refractivity contribution in [3.63, 3.8) is 0 Å². The van der Waals surface area contributed by atoms with Crippen molar-refractivity contribution in [2.45, 2.75) is 57.8 Å². The number of unbranched alkanes of at least 4 members (excludes halogenated alkanes) is 6. The predicted octanol–water partition coefficient (Wildman–Crippen LogP) is 4.78. The molecule has 122 valence electrons. The van der Waals surface area contributed by atoms with Gasteiger partial charge in [-0.05, 0) is 37.0 Å². The molecule has 0 spiro atoms. The largest absolute Gasteiger partial charge is 0.508 e. The lowest BCUT2D eigenvalue weighted by Crippen LogP contribution is -2.07. The minimum atomic E-state index is -0.106. The molecule has 0 atom stereocenters. The summed E-state index contributed by atoms with van der Waals surface area (Å²) in [5, 5.41) is 9.18. The number of aromatic hydroxyl groups is 1. The molecule has 1 rings (SSSR count). The third kappa shape index (κ3) is 9.22. The topological polar surface area (TPSA) is 46.5 Å². The van der Waals surface area contributed by atoms with E-state index >= 15 is 0 Å². The second kappa shape index (κ2) is 11.8. The Morgan fingerprint density at radius 2 is 1.68 bits per heavy atom. The molecule has 0 aliphatic carbocycles. The maximum Gasteiger partial charge on any atom is 0.305 e. The number of allylic oxidation sites excluding steroid dienone is 1. The van der Waals surface area contributed by atoms with Crippen molar-refractivity contribution in [1.82, 2.24) is 0 Å². The van der Waals surface area contributed by atoms with Gasteiger partial charge in [0.25, 0.3) is 0 Å². The lowest BCUT2D eigenvalue weighted by Gasteiger charge is -2.05. The van der Waals surface area contributed by atoms with Crippen LogP contribution < -0.4 is 0 Å². The van der Waals surface area contributed by atoms with Crippen molar-refractivity contribution >= 4 is 5.97 Å². The Balaban J connectivity index is 1.95. The van der Waals surface area contributed by atoms with E-state index < -0.39 is 0 Å². The van der Waals surface area contributed by atoms with Crippen LogP contribution in [0.25, 0.3) is 0 Å². The molecule has 0 heterocycles. The number of phenolic OH excluding ortho intramolecular Hbond substituents is 1. The third-order valence-corrected chi connectivity index (χ3v) is 3.63. The van der Waals surface area contributed by atoms with Crippen LogP contribution in [0.4, 0.5) is 0 Å². The highest BCUT2D eigenvalue weighted by atomic mass is 16.5. The highest BCUT2D eigenvalue weighted by Gasteiger charge is 2.03. The third-order valence-electron chi connectivity index (χ3n) is 3.63. The van der Waals surface area contributed by atoms with Crippen LogP contribution in [0.2, 0.25) is 0 Å². The van der Waals surface area contributed by atoms with E-state index in [2.05, 4.69) is 6.58 Å². The standard InChI is InChI=1S/C19H28O3/c1-2-3-4-5-6-7-8-9-10-19(21)22-16-15-17-11-13-18(20)14-12-17/h2,11-14,20H,1,3-10,15-16H2. The number of rotatable bonds is 12.